The van der Waals surface area contributed by atoms with Crippen LogP contribution in [-0.2, 0) is 5.54 Å². The van der Waals surface area contributed by atoms with Crippen molar-refractivity contribution in [3.63, 3.8) is 0 Å². The Kier molecular flexibility index (Phi) is 2.63. The zero-order valence-corrected chi connectivity index (χ0v) is 10.1. The summed E-state index contributed by atoms with van der Waals surface area (Å²) < 4.78 is 0. The number of pyridine rings is 1. The summed E-state index contributed by atoms with van der Waals surface area (Å²) in [5, 5.41) is 12.1. The van der Waals surface area contributed by atoms with Crippen LogP contribution in [0.4, 0.5) is 5.82 Å². The summed E-state index contributed by atoms with van der Waals surface area (Å²) in [7, 11) is 0. The van der Waals surface area contributed by atoms with Crippen LogP contribution in [0.25, 0.3) is 0 Å². The maximum atomic E-state index is 10.8. The van der Waals surface area contributed by atoms with Crippen LogP contribution in [0.3, 0.4) is 0 Å². The third-order valence-electron chi connectivity index (χ3n) is 3.24. The van der Waals surface area contributed by atoms with Crippen molar-refractivity contribution >= 4 is 11.8 Å². The van der Waals surface area contributed by atoms with E-state index < -0.39 is 5.97 Å². The lowest BCUT2D eigenvalue weighted by molar-refractivity contribution is 0.0696. The maximum absolute atomic E-state index is 10.8. The standard InChI is InChI=1S/C13H12N4O2/c18-12(19)9-1-2-11(16-5-9)17-13(3-4-13)10-6-14-8-15-7-10/h1-2,5-8H,3-4H2,(H,16,17)(H,18,19). The zero-order valence-electron chi connectivity index (χ0n) is 10.1. The van der Waals surface area contributed by atoms with E-state index in [9.17, 15) is 4.79 Å². The molecule has 0 aliphatic heterocycles. The highest BCUT2D eigenvalue weighted by atomic mass is 16.4. The molecule has 0 amide bonds. The smallest absolute Gasteiger partial charge is 0.337 e. The Morgan fingerprint density at radius 2 is 1.95 bits per heavy atom. The van der Waals surface area contributed by atoms with Crippen LogP contribution in [0.1, 0.15) is 28.8 Å². The van der Waals surface area contributed by atoms with Gasteiger partial charge in [0.2, 0.25) is 0 Å². The molecule has 0 unspecified atom stereocenters. The lowest BCUT2D eigenvalue weighted by Crippen LogP contribution is -2.20. The van der Waals surface area contributed by atoms with Gasteiger partial charge in [-0.1, -0.05) is 0 Å². The van der Waals surface area contributed by atoms with Gasteiger partial charge in [-0.05, 0) is 25.0 Å². The van der Waals surface area contributed by atoms with Gasteiger partial charge in [0.1, 0.15) is 12.1 Å². The molecule has 19 heavy (non-hydrogen) atoms. The van der Waals surface area contributed by atoms with Gasteiger partial charge in [-0.2, -0.15) is 0 Å². The predicted molar refractivity (Wildman–Crippen MR) is 67.8 cm³/mol. The number of carboxylic acid groups (broad SMARTS) is 1. The van der Waals surface area contributed by atoms with Crippen molar-refractivity contribution in [2.45, 2.75) is 18.4 Å². The van der Waals surface area contributed by atoms with E-state index in [2.05, 4.69) is 20.3 Å². The number of nitrogens with one attached hydrogen (secondary N) is 1. The van der Waals surface area contributed by atoms with E-state index >= 15 is 0 Å². The van der Waals surface area contributed by atoms with Crippen LogP contribution in [0.5, 0.6) is 0 Å². The SMILES string of the molecule is O=C(O)c1ccc(NC2(c3cncnc3)CC2)nc1. The minimum atomic E-state index is -0.975. The first kappa shape index (κ1) is 11.6. The van der Waals surface area contributed by atoms with Crippen molar-refractivity contribution in [1.82, 2.24) is 15.0 Å². The first-order valence-electron chi connectivity index (χ1n) is 5.93. The fourth-order valence-electron chi connectivity index (χ4n) is 2.00. The Hall–Kier alpha value is -2.50. The van der Waals surface area contributed by atoms with Crippen LogP contribution in [0, 0.1) is 0 Å². The largest absolute Gasteiger partial charge is 0.478 e. The molecule has 6 nitrogen and oxygen atoms in total. The number of aromatic carboxylic acids is 1. The third-order valence-corrected chi connectivity index (χ3v) is 3.24. The molecule has 1 aliphatic carbocycles. The summed E-state index contributed by atoms with van der Waals surface area (Å²) in [6.45, 7) is 0. The normalized spacial score (nSPS) is 15.8. The van der Waals surface area contributed by atoms with Crippen LogP contribution in [0.15, 0.2) is 37.1 Å². The fraction of sp³-hybridized carbons (Fsp3) is 0.231. The molecular weight excluding hydrogens is 244 g/mol. The molecule has 2 aromatic rings. The van der Waals surface area contributed by atoms with Crippen LogP contribution in [0.2, 0.25) is 0 Å². The van der Waals surface area contributed by atoms with E-state index in [1.807, 2.05) is 0 Å². The Balaban J connectivity index is 1.80. The summed E-state index contributed by atoms with van der Waals surface area (Å²) >= 11 is 0. The number of rotatable bonds is 4. The lowest BCUT2D eigenvalue weighted by Gasteiger charge is -2.17. The summed E-state index contributed by atoms with van der Waals surface area (Å²) in [6.07, 6.45) is 8.41. The zero-order chi connectivity index (χ0) is 13.3. The highest BCUT2D eigenvalue weighted by Gasteiger charge is 2.45. The molecule has 2 N–H and O–H groups in total. The van der Waals surface area contributed by atoms with Gasteiger partial charge in [0, 0.05) is 24.2 Å². The highest BCUT2D eigenvalue weighted by molar-refractivity contribution is 5.87. The second-order valence-corrected chi connectivity index (χ2v) is 4.57. The second-order valence-electron chi connectivity index (χ2n) is 4.57. The second kappa shape index (κ2) is 4.31. The van der Waals surface area contributed by atoms with Crippen molar-refractivity contribution < 1.29 is 9.90 Å². The molecule has 0 radical (unpaired) electrons. The van der Waals surface area contributed by atoms with Crippen molar-refractivity contribution in [2.75, 3.05) is 5.32 Å². The number of anilines is 1. The summed E-state index contributed by atoms with van der Waals surface area (Å²) in [6, 6.07) is 3.21. The summed E-state index contributed by atoms with van der Waals surface area (Å²) in [5.74, 6) is -0.317. The van der Waals surface area contributed by atoms with Gasteiger partial charge >= 0.3 is 5.97 Å². The molecule has 2 aromatic heterocycles. The molecule has 96 valence electrons. The Morgan fingerprint density at radius 3 is 2.47 bits per heavy atom. The molecule has 1 aliphatic rings. The van der Waals surface area contributed by atoms with Gasteiger partial charge in [0.25, 0.3) is 0 Å². The molecule has 6 heteroatoms. The van der Waals surface area contributed by atoms with Crippen LogP contribution >= 0.6 is 0 Å². The van der Waals surface area contributed by atoms with Crippen LogP contribution < -0.4 is 5.32 Å². The number of aromatic nitrogens is 3. The van der Waals surface area contributed by atoms with Gasteiger partial charge in [-0.25, -0.2) is 19.7 Å². The predicted octanol–water partition coefficient (Wildman–Crippen LogP) is 1.67. The van der Waals surface area contributed by atoms with Crippen molar-refractivity contribution in [1.29, 1.82) is 0 Å². The van der Waals surface area contributed by atoms with Crippen molar-refractivity contribution in [3.05, 3.63) is 48.2 Å². The molecule has 1 fully saturated rings. The van der Waals surface area contributed by atoms with E-state index in [1.165, 1.54) is 18.6 Å². The first-order chi connectivity index (χ1) is 9.20. The van der Waals surface area contributed by atoms with Gasteiger partial charge in [-0.3, -0.25) is 0 Å². The van der Waals surface area contributed by atoms with Gasteiger partial charge in [-0.15, -0.1) is 0 Å². The third kappa shape index (κ3) is 2.24. The average Bonchev–Trinajstić information content (AvgIpc) is 3.21. The molecular formula is C13H12N4O2. The topological polar surface area (TPSA) is 88.0 Å². The van der Waals surface area contributed by atoms with Crippen molar-refractivity contribution in [2.24, 2.45) is 0 Å². The molecule has 0 aromatic carbocycles. The van der Waals surface area contributed by atoms with E-state index in [1.54, 1.807) is 18.5 Å². The Morgan fingerprint density at radius 1 is 1.21 bits per heavy atom. The van der Waals surface area contributed by atoms with Gasteiger partial charge in [0.15, 0.2) is 0 Å². The molecule has 0 bridgehead atoms. The van der Waals surface area contributed by atoms with Crippen molar-refractivity contribution in [3.8, 4) is 0 Å². The number of nitrogens with zero attached hydrogens (tertiary/aromatic N) is 3. The molecule has 0 spiro atoms. The monoisotopic (exact) mass is 256 g/mol. The average molecular weight is 256 g/mol. The van der Waals surface area contributed by atoms with E-state index in [0.29, 0.717) is 5.82 Å². The number of carbonyl (C=O) groups is 1. The first-order valence-corrected chi connectivity index (χ1v) is 5.93. The molecule has 0 saturated heterocycles. The molecule has 2 heterocycles. The minimum Gasteiger partial charge on any atom is -0.478 e. The number of hydrogen-bond acceptors (Lipinski definition) is 5. The Bertz CT molecular complexity index is 594. The van der Waals surface area contributed by atoms with Crippen LogP contribution in [-0.4, -0.2) is 26.0 Å². The Labute approximate surface area is 109 Å². The fourth-order valence-corrected chi connectivity index (χ4v) is 2.00. The molecule has 1 saturated carbocycles. The molecule has 0 atom stereocenters. The summed E-state index contributed by atoms with van der Waals surface area (Å²) in [4.78, 5) is 22.9. The lowest BCUT2D eigenvalue weighted by atomic mass is 10.1. The van der Waals surface area contributed by atoms with Gasteiger partial charge < -0.3 is 10.4 Å². The van der Waals surface area contributed by atoms with E-state index in [4.69, 9.17) is 5.11 Å². The van der Waals surface area contributed by atoms with Gasteiger partial charge in [0.05, 0.1) is 11.1 Å². The highest BCUT2D eigenvalue weighted by Crippen LogP contribution is 2.47. The summed E-state index contributed by atoms with van der Waals surface area (Å²) in [5.41, 5.74) is 1.05. The van der Waals surface area contributed by atoms with E-state index in [0.717, 1.165) is 18.4 Å². The minimum absolute atomic E-state index is 0.154. The van der Waals surface area contributed by atoms with E-state index in [-0.39, 0.29) is 11.1 Å². The maximum Gasteiger partial charge on any atom is 0.337 e. The molecule has 3 rings (SSSR count). The quantitative estimate of drug-likeness (QED) is 0.865. The number of hydrogen-bond donors (Lipinski definition) is 2. The number of carboxylic acids is 1.